The molecule has 0 saturated carbocycles. The van der Waals surface area contributed by atoms with E-state index in [-0.39, 0.29) is 35.5 Å². The van der Waals surface area contributed by atoms with Gasteiger partial charge in [-0.1, -0.05) is 265 Å². The molecule has 3 aromatic heterocycles. The van der Waals surface area contributed by atoms with Crippen molar-refractivity contribution in [3.05, 3.63) is 69.9 Å². The number of amides is 4. The van der Waals surface area contributed by atoms with Gasteiger partial charge in [0.2, 0.25) is 0 Å². The van der Waals surface area contributed by atoms with E-state index in [9.17, 15) is 0 Å². The van der Waals surface area contributed by atoms with Crippen molar-refractivity contribution in [1.29, 1.82) is 0 Å². The highest BCUT2D eigenvalue weighted by Gasteiger charge is 2.40. The summed E-state index contributed by atoms with van der Waals surface area (Å²) in [6, 6.07) is 8.12. The van der Waals surface area contributed by atoms with Gasteiger partial charge in [0.05, 0.1) is 22.2 Å². The van der Waals surface area contributed by atoms with Gasteiger partial charge in [0.15, 0.2) is 0 Å². The number of thiophene rings is 1. The molecular formula is C75H108N4O4S. The van der Waals surface area contributed by atoms with Gasteiger partial charge in [-0.25, -0.2) is 0 Å². The second-order valence-corrected chi connectivity index (χ2v) is 27.1. The third-order valence-electron chi connectivity index (χ3n) is 19.4. The first-order chi connectivity index (χ1) is 41.2. The van der Waals surface area contributed by atoms with E-state index < -0.39 is 0 Å². The second kappa shape index (κ2) is 34.5. The summed E-state index contributed by atoms with van der Waals surface area (Å²) in [4.78, 5) is 75.3. The SMILES string of the molecule is CCCCCCCCCCCCC(CCCCCCCCCC)CN1C(=O)c2cnc3c4c(-c5cccs5)cc5c6c(cnc(c7c(C)cc(c2c37)C1=O)c64)C(=O)N(CC(CCCCCCCCCC)CCCCCCCCCCCC)C5=O. The maximum Gasteiger partial charge on any atom is 0.262 e. The molecule has 0 N–H and O–H groups in total. The minimum absolute atomic E-state index is 0.226. The largest absolute Gasteiger partial charge is 0.274 e. The molecule has 0 saturated heterocycles. The molecule has 6 aromatic rings. The van der Waals surface area contributed by atoms with Crippen molar-refractivity contribution in [2.75, 3.05) is 13.1 Å². The van der Waals surface area contributed by atoms with Crippen LogP contribution in [0.1, 0.15) is 332 Å². The lowest BCUT2D eigenvalue weighted by molar-refractivity contribution is 0.0562. The van der Waals surface area contributed by atoms with Crippen molar-refractivity contribution in [1.82, 2.24) is 19.8 Å². The van der Waals surface area contributed by atoms with Crippen LogP contribution in [0.15, 0.2) is 42.0 Å². The first-order valence-electron chi connectivity index (χ1n) is 35.0. The number of fused-ring (bicyclic) bond motifs is 2. The molecular weight excluding hydrogens is 1050 g/mol. The van der Waals surface area contributed by atoms with Crippen LogP contribution >= 0.6 is 11.3 Å². The van der Waals surface area contributed by atoms with Crippen molar-refractivity contribution in [3.8, 4) is 10.4 Å². The Morgan fingerprint density at radius 3 is 1.05 bits per heavy atom. The summed E-state index contributed by atoms with van der Waals surface area (Å²) in [6.07, 6.45) is 53.2. The summed E-state index contributed by atoms with van der Waals surface area (Å²) in [7, 11) is 0. The number of aryl methyl sites for hydroxylation is 1. The molecule has 458 valence electrons. The number of benzene rings is 3. The highest BCUT2D eigenvalue weighted by molar-refractivity contribution is 7.13. The quantitative estimate of drug-likeness (QED) is 0.0163. The number of nitrogens with zero attached hydrogens (tertiary/aromatic N) is 4. The van der Waals surface area contributed by atoms with Crippen molar-refractivity contribution in [2.45, 2.75) is 291 Å². The summed E-state index contributed by atoms with van der Waals surface area (Å²) in [6.45, 7) is 12.0. The third-order valence-corrected chi connectivity index (χ3v) is 20.3. The molecule has 8 nitrogen and oxygen atoms in total. The van der Waals surface area contributed by atoms with Crippen LogP contribution in [0.5, 0.6) is 0 Å². The summed E-state index contributed by atoms with van der Waals surface area (Å²) in [5, 5.41) is 6.48. The molecule has 5 heterocycles. The number of pyridine rings is 2. The molecule has 84 heavy (non-hydrogen) atoms. The normalized spacial score (nSPS) is 14.3. The molecule has 0 spiro atoms. The Morgan fingerprint density at radius 1 is 0.369 bits per heavy atom. The zero-order valence-corrected chi connectivity index (χ0v) is 54.0. The van der Waals surface area contributed by atoms with Crippen LogP contribution < -0.4 is 0 Å². The number of hydrogen-bond acceptors (Lipinski definition) is 7. The van der Waals surface area contributed by atoms with Gasteiger partial charge >= 0.3 is 0 Å². The van der Waals surface area contributed by atoms with Gasteiger partial charge in [0, 0.05) is 79.4 Å². The predicted octanol–water partition coefficient (Wildman–Crippen LogP) is 22.7. The van der Waals surface area contributed by atoms with E-state index in [0.717, 1.165) is 88.9 Å². The van der Waals surface area contributed by atoms with E-state index >= 15 is 19.2 Å². The summed E-state index contributed by atoms with van der Waals surface area (Å²) < 4.78 is 0. The number of carbonyl (C=O) groups is 4. The topological polar surface area (TPSA) is 101 Å². The molecule has 0 radical (unpaired) electrons. The Labute approximate surface area is 511 Å². The van der Waals surface area contributed by atoms with Crippen molar-refractivity contribution in [2.24, 2.45) is 11.8 Å². The van der Waals surface area contributed by atoms with Crippen LogP contribution in [0.25, 0.3) is 53.8 Å². The standard InChI is InChI=1S/C75H108N4O4S/c1-6-10-14-18-22-26-28-32-36-40-44-56(43-38-34-30-24-20-16-12-8-3)53-78-72(80)59-49-55(5)64-68-65(59)61(74(78)82)52-77-71(68)67-58(63-47-42-48-84-63)50-60-66-62(51-76-70(64)69(66)67)75(83)79(73(60)81)54-57(45-39-35-31-25-21-17-13-9-4)46-41-37-33-29-27-23-19-15-11-7-2/h42,47-52,56-57H,6-41,43-46,53-54H2,1-5H3. The van der Waals surface area contributed by atoms with Gasteiger partial charge in [-0.15, -0.1) is 11.3 Å². The molecule has 4 amide bonds. The average Bonchev–Trinajstić information content (AvgIpc) is 3.62. The van der Waals surface area contributed by atoms with Gasteiger partial charge < -0.3 is 0 Å². The highest BCUT2D eigenvalue weighted by Crippen LogP contribution is 2.50. The van der Waals surface area contributed by atoms with E-state index in [1.165, 1.54) is 205 Å². The molecule has 0 bridgehead atoms. The fraction of sp³-hybridized carbons (Fsp3) is 0.653. The molecule has 2 atom stereocenters. The maximum atomic E-state index is 15.3. The Kier molecular flexibility index (Phi) is 26.8. The summed E-state index contributed by atoms with van der Waals surface area (Å²) >= 11 is 1.61. The van der Waals surface area contributed by atoms with E-state index in [0.29, 0.717) is 57.1 Å². The number of carbonyl (C=O) groups excluding carboxylic acids is 4. The summed E-state index contributed by atoms with van der Waals surface area (Å²) in [5.41, 5.74) is 5.06. The maximum absolute atomic E-state index is 15.3. The molecule has 0 fully saturated rings. The van der Waals surface area contributed by atoms with Crippen LogP contribution in [0.2, 0.25) is 0 Å². The first-order valence-corrected chi connectivity index (χ1v) is 35.8. The molecule has 2 unspecified atom stereocenters. The Morgan fingerprint density at radius 2 is 0.690 bits per heavy atom. The van der Waals surface area contributed by atoms with Crippen LogP contribution in [0.4, 0.5) is 0 Å². The van der Waals surface area contributed by atoms with Crippen LogP contribution in [0, 0.1) is 18.8 Å². The molecule has 2 aliphatic rings. The number of unbranched alkanes of at least 4 members (excludes halogenated alkanes) is 32. The molecule has 2 aliphatic heterocycles. The van der Waals surface area contributed by atoms with Crippen LogP contribution in [-0.2, 0) is 0 Å². The van der Waals surface area contributed by atoms with Crippen LogP contribution in [0.3, 0.4) is 0 Å². The van der Waals surface area contributed by atoms with Gasteiger partial charge in [-0.3, -0.25) is 38.9 Å². The number of rotatable bonds is 45. The molecule has 0 aliphatic carbocycles. The van der Waals surface area contributed by atoms with E-state index in [4.69, 9.17) is 9.97 Å². The zero-order valence-electron chi connectivity index (χ0n) is 53.2. The smallest absolute Gasteiger partial charge is 0.262 e. The number of hydrogen-bond donors (Lipinski definition) is 0. The second-order valence-electron chi connectivity index (χ2n) is 26.1. The predicted molar refractivity (Wildman–Crippen MR) is 356 cm³/mol. The lowest BCUT2D eigenvalue weighted by Gasteiger charge is -2.33. The Bertz CT molecular complexity index is 3020. The van der Waals surface area contributed by atoms with Gasteiger partial charge in [-0.05, 0) is 73.6 Å². The van der Waals surface area contributed by atoms with E-state index in [2.05, 4.69) is 39.1 Å². The minimum Gasteiger partial charge on any atom is -0.274 e. The Hall–Kier alpha value is -4.76. The molecule has 3 aromatic carbocycles. The van der Waals surface area contributed by atoms with E-state index in [1.807, 2.05) is 25.1 Å². The van der Waals surface area contributed by atoms with Gasteiger partial charge in [0.25, 0.3) is 23.6 Å². The molecule has 9 heteroatoms. The number of aromatic nitrogens is 2. The van der Waals surface area contributed by atoms with Gasteiger partial charge in [0.1, 0.15) is 0 Å². The average molecular weight is 1160 g/mol. The monoisotopic (exact) mass is 1160 g/mol. The summed E-state index contributed by atoms with van der Waals surface area (Å²) in [5.74, 6) is -0.517. The fourth-order valence-electron chi connectivity index (χ4n) is 14.5. The molecule has 8 rings (SSSR count). The van der Waals surface area contributed by atoms with E-state index in [1.54, 1.807) is 33.5 Å². The van der Waals surface area contributed by atoms with Crippen LogP contribution in [-0.4, -0.2) is 56.5 Å². The van der Waals surface area contributed by atoms with Gasteiger partial charge in [-0.2, -0.15) is 0 Å². The lowest BCUT2D eigenvalue weighted by atomic mass is 9.82. The van der Waals surface area contributed by atoms with Crippen molar-refractivity contribution in [3.63, 3.8) is 0 Å². The number of imide groups is 2. The van der Waals surface area contributed by atoms with Crippen molar-refractivity contribution >= 4 is 78.3 Å². The third kappa shape index (κ3) is 16.6. The lowest BCUT2D eigenvalue weighted by Crippen LogP contribution is -2.43. The Balaban J connectivity index is 1.06. The zero-order chi connectivity index (χ0) is 59.0. The fourth-order valence-corrected chi connectivity index (χ4v) is 15.3. The van der Waals surface area contributed by atoms with Crippen molar-refractivity contribution < 1.29 is 19.2 Å². The minimum atomic E-state index is -0.267. The first kappa shape index (κ1) is 65.2. The highest BCUT2D eigenvalue weighted by atomic mass is 32.1.